The molecule has 0 fully saturated rings. The van der Waals surface area contributed by atoms with Gasteiger partial charge in [0.2, 0.25) is 5.76 Å². The fourth-order valence-electron chi connectivity index (χ4n) is 1.40. The molecule has 18 heavy (non-hydrogen) atoms. The summed E-state index contributed by atoms with van der Waals surface area (Å²) in [6, 6.07) is 5.99. The van der Waals surface area contributed by atoms with Gasteiger partial charge in [-0.25, -0.2) is 4.79 Å². The molecule has 2 aromatic rings. The minimum Gasteiger partial charge on any atom is -0.475 e. The van der Waals surface area contributed by atoms with Gasteiger partial charge in [0, 0.05) is 13.2 Å². The van der Waals surface area contributed by atoms with Crippen molar-refractivity contribution in [3.63, 3.8) is 0 Å². The number of aromatic carboxylic acids is 1. The molecule has 1 amide bonds. The van der Waals surface area contributed by atoms with Gasteiger partial charge in [-0.2, -0.15) is 0 Å². The number of carboxylic acid groups (broad SMARTS) is 1. The van der Waals surface area contributed by atoms with Crippen LogP contribution in [0.15, 0.2) is 41.1 Å². The largest absolute Gasteiger partial charge is 0.475 e. The van der Waals surface area contributed by atoms with E-state index in [0.717, 1.165) is 0 Å². The predicted octanol–water partition coefficient (Wildman–Crippen LogP) is 1.65. The molecule has 6 heteroatoms. The van der Waals surface area contributed by atoms with Gasteiger partial charge in [0.25, 0.3) is 5.91 Å². The first-order chi connectivity index (χ1) is 8.59. The molecule has 0 radical (unpaired) electrons. The molecule has 0 bridgehead atoms. The summed E-state index contributed by atoms with van der Waals surface area (Å²) in [6.07, 6.45) is 3.12. The van der Waals surface area contributed by atoms with Crippen LogP contribution in [-0.2, 0) is 0 Å². The van der Waals surface area contributed by atoms with E-state index in [4.69, 9.17) is 9.52 Å². The molecule has 0 saturated carbocycles. The molecule has 2 rings (SSSR count). The van der Waals surface area contributed by atoms with Gasteiger partial charge in [0.15, 0.2) is 5.76 Å². The molecule has 2 aromatic heterocycles. The summed E-state index contributed by atoms with van der Waals surface area (Å²) in [4.78, 5) is 27.9. The minimum atomic E-state index is -1.21. The summed E-state index contributed by atoms with van der Waals surface area (Å²) in [6.45, 7) is 0. The Balaban J connectivity index is 2.23. The number of amides is 1. The van der Waals surface area contributed by atoms with E-state index >= 15 is 0 Å². The Kier molecular flexibility index (Phi) is 3.09. The van der Waals surface area contributed by atoms with Crippen LogP contribution >= 0.6 is 0 Å². The fraction of sp³-hybridized carbons (Fsp3) is 0.0833. The third kappa shape index (κ3) is 2.22. The average molecular weight is 246 g/mol. The number of hydrogen-bond donors (Lipinski definition) is 1. The lowest BCUT2D eigenvalue weighted by atomic mass is 10.3. The molecule has 0 aliphatic carbocycles. The van der Waals surface area contributed by atoms with Crippen LogP contribution in [0.2, 0.25) is 0 Å². The summed E-state index contributed by atoms with van der Waals surface area (Å²) in [5, 5.41) is 8.71. The molecule has 1 N–H and O–H groups in total. The highest BCUT2D eigenvalue weighted by atomic mass is 16.4. The number of carbonyl (C=O) groups excluding carboxylic acids is 1. The molecule has 0 aliphatic rings. The van der Waals surface area contributed by atoms with Crippen molar-refractivity contribution in [2.75, 3.05) is 11.9 Å². The maximum absolute atomic E-state index is 12.0. The zero-order chi connectivity index (χ0) is 13.1. The lowest BCUT2D eigenvalue weighted by Gasteiger charge is -2.14. The van der Waals surface area contributed by atoms with E-state index < -0.39 is 11.9 Å². The Hall–Kier alpha value is -2.63. The zero-order valence-electron chi connectivity index (χ0n) is 9.53. The zero-order valence-corrected chi connectivity index (χ0v) is 9.53. The molecule has 92 valence electrons. The Morgan fingerprint density at radius 2 is 2.00 bits per heavy atom. The maximum Gasteiger partial charge on any atom is 0.371 e. The van der Waals surface area contributed by atoms with Gasteiger partial charge in [-0.15, -0.1) is 0 Å². The van der Waals surface area contributed by atoms with Crippen molar-refractivity contribution in [1.29, 1.82) is 0 Å². The average Bonchev–Trinajstić information content (AvgIpc) is 2.88. The summed E-state index contributed by atoms with van der Waals surface area (Å²) in [5.74, 6) is -1.94. The lowest BCUT2D eigenvalue weighted by molar-refractivity contribution is 0.0660. The Morgan fingerprint density at radius 3 is 2.56 bits per heavy atom. The first-order valence-electron chi connectivity index (χ1n) is 5.11. The summed E-state index contributed by atoms with van der Waals surface area (Å²) in [5.41, 5.74) is 0.593. The maximum atomic E-state index is 12.0. The van der Waals surface area contributed by atoms with Gasteiger partial charge in [-0.3, -0.25) is 9.78 Å². The van der Waals surface area contributed by atoms with E-state index in [9.17, 15) is 9.59 Å². The summed E-state index contributed by atoms with van der Waals surface area (Å²) in [7, 11) is 1.56. The molecular weight excluding hydrogens is 236 g/mol. The first kappa shape index (κ1) is 11.8. The number of nitrogens with zero attached hydrogens (tertiary/aromatic N) is 2. The minimum absolute atomic E-state index is 0.0289. The SMILES string of the molecule is CN(C(=O)c1ccc(C(=O)O)o1)c1cccnc1. The van der Waals surface area contributed by atoms with Gasteiger partial charge in [-0.05, 0) is 24.3 Å². The molecule has 0 aliphatic heterocycles. The second-order valence-corrected chi connectivity index (χ2v) is 3.54. The van der Waals surface area contributed by atoms with E-state index in [1.165, 1.54) is 23.2 Å². The molecule has 0 atom stereocenters. The number of furan rings is 1. The number of carboxylic acids is 1. The van der Waals surface area contributed by atoms with Crippen LogP contribution in [0.3, 0.4) is 0 Å². The van der Waals surface area contributed by atoms with Gasteiger partial charge in [-0.1, -0.05) is 0 Å². The topological polar surface area (TPSA) is 83.6 Å². The Morgan fingerprint density at radius 1 is 1.28 bits per heavy atom. The van der Waals surface area contributed by atoms with Gasteiger partial charge in [0.05, 0.1) is 11.9 Å². The van der Waals surface area contributed by atoms with Crippen molar-refractivity contribution >= 4 is 17.6 Å². The van der Waals surface area contributed by atoms with Crippen molar-refractivity contribution in [2.24, 2.45) is 0 Å². The quantitative estimate of drug-likeness (QED) is 0.890. The van der Waals surface area contributed by atoms with Crippen molar-refractivity contribution in [3.05, 3.63) is 48.2 Å². The highest BCUT2D eigenvalue weighted by Crippen LogP contribution is 2.15. The Bertz CT molecular complexity index is 577. The Labute approximate surface area is 102 Å². The van der Waals surface area contributed by atoms with Gasteiger partial charge >= 0.3 is 5.97 Å². The first-order valence-corrected chi connectivity index (χ1v) is 5.11. The number of rotatable bonds is 3. The lowest BCUT2D eigenvalue weighted by Crippen LogP contribution is -2.25. The normalized spacial score (nSPS) is 10.1. The van der Waals surface area contributed by atoms with Crippen molar-refractivity contribution in [3.8, 4) is 0 Å². The number of anilines is 1. The smallest absolute Gasteiger partial charge is 0.371 e. The molecule has 2 heterocycles. The van der Waals surface area contributed by atoms with Crippen LogP contribution in [0.4, 0.5) is 5.69 Å². The second-order valence-electron chi connectivity index (χ2n) is 3.54. The molecule has 0 aromatic carbocycles. The van der Waals surface area contributed by atoms with Gasteiger partial charge in [0.1, 0.15) is 0 Å². The molecular formula is C12H10N2O4. The number of aromatic nitrogens is 1. The van der Waals surface area contributed by atoms with Crippen LogP contribution in [0.5, 0.6) is 0 Å². The predicted molar refractivity (Wildman–Crippen MR) is 62.6 cm³/mol. The van der Waals surface area contributed by atoms with Crippen LogP contribution in [0.1, 0.15) is 21.1 Å². The van der Waals surface area contributed by atoms with Crippen LogP contribution in [0.25, 0.3) is 0 Å². The van der Waals surface area contributed by atoms with E-state index in [1.807, 2.05) is 0 Å². The standard InChI is InChI=1S/C12H10N2O4/c1-14(8-3-2-6-13-7-8)11(15)9-4-5-10(18-9)12(16)17/h2-7H,1H3,(H,16,17). The molecule has 0 spiro atoms. The number of pyridine rings is 1. The highest BCUT2D eigenvalue weighted by Gasteiger charge is 2.19. The summed E-state index contributed by atoms with van der Waals surface area (Å²) >= 11 is 0. The van der Waals surface area contributed by atoms with E-state index in [1.54, 1.807) is 25.4 Å². The highest BCUT2D eigenvalue weighted by molar-refractivity contribution is 6.04. The van der Waals surface area contributed by atoms with Gasteiger partial charge < -0.3 is 14.4 Å². The second kappa shape index (κ2) is 4.70. The van der Waals surface area contributed by atoms with Crippen LogP contribution in [-0.4, -0.2) is 29.0 Å². The number of hydrogen-bond acceptors (Lipinski definition) is 4. The van der Waals surface area contributed by atoms with E-state index in [-0.39, 0.29) is 11.5 Å². The van der Waals surface area contributed by atoms with E-state index in [2.05, 4.69) is 4.98 Å². The molecule has 0 unspecified atom stereocenters. The van der Waals surface area contributed by atoms with E-state index in [0.29, 0.717) is 5.69 Å². The third-order valence-electron chi connectivity index (χ3n) is 2.37. The van der Waals surface area contributed by atoms with Crippen molar-refractivity contribution < 1.29 is 19.1 Å². The third-order valence-corrected chi connectivity index (χ3v) is 2.37. The monoisotopic (exact) mass is 246 g/mol. The summed E-state index contributed by atoms with van der Waals surface area (Å²) < 4.78 is 4.94. The molecule has 0 saturated heterocycles. The number of carbonyl (C=O) groups is 2. The van der Waals surface area contributed by atoms with Crippen molar-refractivity contribution in [2.45, 2.75) is 0 Å². The molecule has 6 nitrogen and oxygen atoms in total. The van der Waals surface area contributed by atoms with Crippen LogP contribution in [0, 0.1) is 0 Å². The van der Waals surface area contributed by atoms with Crippen molar-refractivity contribution in [1.82, 2.24) is 4.98 Å². The van der Waals surface area contributed by atoms with Crippen LogP contribution < -0.4 is 4.90 Å². The fourth-order valence-corrected chi connectivity index (χ4v) is 1.40.